The predicted molar refractivity (Wildman–Crippen MR) is 106 cm³/mol. The SMILES string of the molecule is CN1C(=NN=C2C(=N)C=Cc3ccccc32)CSC1Br.I. The number of benzene rings is 1. The van der Waals surface area contributed by atoms with Crippen LogP contribution in [-0.2, 0) is 0 Å². The van der Waals surface area contributed by atoms with Gasteiger partial charge >= 0.3 is 0 Å². The molecule has 1 saturated heterocycles. The zero-order valence-electron chi connectivity index (χ0n) is 11.3. The number of nitrogens with zero attached hydrogens (tertiary/aromatic N) is 3. The second-order valence-electron chi connectivity index (χ2n) is 4.51. The van der Waals surface area contributed by atoms with Crippen molar-refractivity contribution in [2.45, 2.75) is 4.28 Å². The van der Waals surface area contributed by atoms with Gasteiger partial charge in [0.05, 0.1) is 11.5 Å². The average molecular weight is 477 g/mol. The quantitative estimate of drug-likeness (QED) is 0.290. The molecule has 0 saturated carbocycles. The van der Waals surface area contributed by atoms with Crippen LogP contribution in [0.15, 0.2) is 40.5 Å². The van der Waals surface area contributed by atoms with Crippen molar-refractivity contribution < 1.29 is 0 Å². The molecule has 1 heterocycles. The minimum atomic E-state index is 0. The van der Waals surface area contributed by atoms with Crippen LogP contribution in [0.3, 0.4) is 0 Å². The molecule has 21 heavy (non-hydrogen) atoms. The van der Waals surface area contributed by atoms with Crippen LogP contribution in [0.2, 0.25) is 0 Å². The van der Waals surface area contributed by atoms with Gasteiger partial charge in [0.25, 0.3) is 0 Å². The first-order chi connectivity index (χ1) is 9.66. The Hall–Kier alpha value is -0.670. The van der Waals surface area contributed by atoms with Gasteiger partial charge in [-0.2, -0.15) is 0 Å². The number of rotatable bonds is 1. The first-order valence-electron chi connectivity index (χ1n) is 6.16. The Bertz CT molecular complexity index is 656. The first kappa shape index (κ1) is 16.7. The lowest BCUT2D eigenvalue weighted by atomic mass is 9.94. The van der Waals surface area contributed by atoms with Gasteiger partial charge in [-0.1, -0.05) is 46.3 Å². The van der Waals surface area contributed by atoms with Crippen molar-refractivity contribution in [3.63, 3.8) is 0 Å². The van der Waals surface area contributed by atoms with E-state index in [-0.39, 0.29) is 28.3 Å². The summed E-state index contributed by atoms with van der Waals surface area (Å²) in [6.07, 6.45) is 3.71. The molecule has 0 amide bonds. The molecule has 1 atom stereocenters. The van der Waals surface area contributed by atoms with Crippen molar-refractivity contribution in [2.24, 2.45) is 10.2 Å². The fourth-order valence-corrected chi connectivity index (χ4v) is 3.57. The fourth-order valence-electron chi connectivity index (χ4n) is 2.04. The Labute approximate surface area is 153 Å². The zero-order valence-corrected chi connectivity index (χ0v) is 16.0. The molecule has 1 unspecified atom stereocenters. The number of thioether (sulfide) groups is 1. The van der Waals surface area contributed by atoms with Crippen molar-refractivity contribution in [3.8, 4) is 0 Å². The van der Waals surface area contributed by atoms with Gasteiger partial charge in [-0.05, 0) is 11.6 Å². The maximum atomic E-state index is 8.03. The van der Waals surface area contributed by atoms with E-state index in [1.54, 1.807) is 17.8 Å². The molecule has 3 rings (SSSR count). The van der Waals surface area contributed by atoms with Gasteiger partial charge in [0.15, 0.2) is 0 Å². The lowest BCUT2D eigenvalue weighted by molar-refractivity contribution is 0.584. The highest BCUT2D eigenvalue weighted by molar-refractivity contribution is 14.0. The van der Waals surface area contributed by atoms with Crippen LogP contribution in [0.1, 0.15) is 11.1 Å². The summed E-state index contributed by atoms with van der Waals surface area (Å²) >= 11 is 5.32. The van der Waals surface area contributed by atoms with Crippen molar-refractivity contribution >= 4 is 75.0 Å². The molecule has 1 aromatic rings. The number of halogens is 2. The van der Waals surface area contributed by atoms with Crippen LogP contribution >= 0.6 is 51.7 Å². The molecule has 1 fully saturated rings. The second kappa shape index (κ2) is 7.06. The Kier molecular flexibility index (Phi) is 5.61. The topological polar surface area (TPSA) is 51.8 Å². The van der Waals surface area contributed by atoms with Crippen molar-refractivity contribution in [1.29, 1.82) is 5.41 Å². The van der Waals surface area contributed by atoms with Crippen molar-refractivity contribution in [2.75, 3.05) is 12.8 Å². The van der Waals surface area contributed by atoms with Crippen molar-refractivity contribution in [1.82, 2.24) is 4.90 Å². The maximum absolute atomic E-state index is 8.03. The smallest absolute Gasteiger partial charge is 0.139 e. The summed E-state index contributed by atoms with van der Waals surface area (Å²) in [5.74, 6) is 1.75. The van der Waals surface area contributed by atoms with E-state index >= 15 is 0 Å². The Morgan fingerprint density at radius 3 is 2.76 bits per heavy atom. The molecule has 7 heteroatoms. The minimum absolute atomic E-state index is 0. The maximum Gasteiger partial charge on any atom is 0.139 e. The molecule has 0 bridgehead atoms. The zero-order chi connectivity index (χ0) is 14.1. The summed E-state index contributed by atoms with van der Waals surface area (Å²) < 4.78 is 0.249. The lowest BCUT2D eigenvalue weighted by Crippen LogP contribution is -2.25. The third kappa shape index (κ3) is 3.40. The third-order valence-corrected chi connectivity index (χ3v) is 5.65. The van der Waals surface area contributed by atoms with Gasteiger partial charge in [-0.15, -0.1) is 45.9 Å². The fraction of sp³-hybridized carbons (Fsp3) is 0.214. The molecule has 1 aliphatic heterocycles. The molecule has 1 N–H and O–H groups in total. The highest BCUT2D eigenvalue weighted by atomic mass is 127. The number of alkyl halides is 1. The summed E-state index contributed by atoms with van der Waals surface area (Å²) in [4.78, 5) is 2.04. The van der Waals surface area contributed by atoms with Gasteiger partial charge in [0.2, 0.25) is 0 Å². The van der Waals surface area contributed by atoms with Crippen LogP contribution in [0.5, 0.6) is 0 Å². The first-order valence-corrected chi connectivity index (χ1v) is 8.12. The van der Waals surface area contributed by atoms with Crippen LogP contribution < -0.4 is 0 Å². The molecule has 0 aromatic heterocycles. The van der Waals surface area contributed by atoms with Gasteiger partial charge in [-0.3, -0.25) is 5.41 Å². The Morgan fingerprint density at radius 1 is 1.29 bits per heavy atom. The van der Waals surface area contributed by atoms with E-state index in [4.69, 9.17) is 5.41 Å². The lowest BCUT2D eigenvalue weighted by Gasteiger charge is -2.15. The van der Waals surface area contributed by atoms with E-state index in [0.717, 1.165) is 22.7 Å². The number of hydrogen-bond donors (Lipinski definition) is 1. The summed E-state index contributed by atoms with van der Waals surface area (Å²) in [7, 11) is 1.98. The number of amidine groups is 1. The standard InChI is InChI=1S/C14H13BrN4S.HI/c1-19-12(8-20-14(19)15)17-18-13-10-5-3-2-4-9(10)6-7-11(13)16;/h2-7,14,16H,8H2,1H3;1H. The molecule has 0 radical (unpaired) electrons. The van der Waals surface area contributed by atoms with Crippen LogP contribution in [0.25, 0.3) is 6.08 Å². The van der Waals surface area contributed by atoms with E-state index in [2.05, 4.69) is 26.1 Å². The van der Waals surface area contributed by atoms with Gasteiger partial charge < -0.3 is 4.90 Å². The number of hydrogen-bond acceptors (Lipinski definition) is 4. The second-order valence-corrected chi connectivity index (χ2v) is 7.06. The summed E-state index contributed by atoms with van der Waals surface area (Å²) in [6, 6.07) is 7.94. The molecule has 2 aliphatic rings. The molecule has 4 nitrogen and oxygen atoms in total. The van der Waals surface area contributed by atoms with Gasteiger partial charge in [0, 0.05) is 12.6 Å². The predicted octanol–water partition coefficient (Wildman–Crippen LogP) is 3.81. The van der Waals surface area contributed by atoms with Crippen molar-refractivity contribution in [3.05, 3.63) is 41.5 Å². The van der Waals surface area contributed by atoms with E-state index in [1.165, 1.54) is 0 Å². The Morgan fingerprint density at radius 2 is 2.05 bits per heavy atom. The highest BCUT2D eigenvalue weighted by Crippen LogP contribution is 2.28. The largest absolute Gasteiger partial charge is 0.339 e. The molecule has 110 valence electrons. The summed E-state index contributed by atoms with van der Waals surface area (Å²) in [6.45, 7) is 0. The van der Waals surface area contributed by atoms with E-state index < -0.39 is 0 Å². The Balaban J connectivity index is 0.00000161. The van der Waals surface area contributed by atoms with Crippen LogP contribution in [0, 0.1) is 5.41 Å². The normalized spacial score (nSPS) is 24.4. The van der Waals surface area contributed by atoms with E-state index in [1.807, 2.05) is 42.3 Å². The molecular weight excluding hydrogens is 463 g/mol. The van der Waals surface area contributed by atoms with Gasteiger partial charge in [0.1, 0.15) is 15.8 Å². The number of allylic oxidation sites excluding steroid dienone is 1. The summed E-state index contributed by atoms with van der Waals surface area (Å²) in [5.41, 5.74) is 3.08. The summed E-state index contributed by atoms with van der Waals surface area (Å²) in [5, 5.41) is 16.7. The third-order valence-electron chi connectivity index (χ3n) is 3.23. The molecule has 1 aliphatic carbocycles. The number of nitrogens with one attached hydrogen (secondary N) is 1. The van der Waals surface area contributed by atoms with E-state index in [9.17, 15) is 0 Å². The molecular formula is C14H14BrIN4S. The molecule has 0 spiro atoms. The van der Waals surface area contributed by atoms with Crippen LogP contribution in [0.4, 0.5) is 0 Å². The highest BCUT2D eigenvalue weighted by Gasteiger charge is 2.24. The van der Waals surface area contributed by atoms with Gasteiger partial charge in [-0.25, -0.2) is 0 Å². The minimum Gasteiger partial charge on any atom is -0.339 e. The van der Waals surface area contributed by atoms with E-state index in [0.29, 0.717) is 11.4 Å². The number of fused-ring (bicyclic) bond motifs is 1. The van der Waals surface area contributed by atoms with Crippen LogP contribution in [-0.4, -0.2) is 39.2 Å². The average Bonchev–Trinajstić information content (AvgIpc) is 2.78. The monoisotopic (exact) mass is 476 g/mol. The molecule has 1 aromatic carbocycles.